The van der Waals surface area contributed by atoms with Crippen LogP contribution in [-0.2, 0) is 6.61 Å². The summed E-state index contributed by atoms with van der Waals surface area (Å²) in [5, 5.41) is 13.0. The van der Waals surface area contributed by atoms with E-state index in [1.807, 2.05) is 0 Å². The number of aryl methyl sites for hydroxylation is 1. The van der Waals surface area contributed by atoms with Crippen LogP contribution >= 0.6 is 22.9 Å². The van der Waals surface area contributed by atoms with Crippen LogP contribution in [0.1, 0.15) is 10.7 Å². The molecule has 0 spiro atoms. The summed E-state index contributed by atoms with van der Waals surface area (Å²) in [7, 11) is 0. The first-order valence-corrected chi connectivity index (χ1v) is 5.70. The maximum atomic E-state index is 8.90. The quantitative estimate of drug-likeness (QED) is 0.824. The number of anilines is 2. The third-order valence-electron chi connectivity index (χ3n) is 1.75. The lowest BCUT2D eigenvalue weighted by molar-refractivity contribution is 0.285. The highest BCUT2D eigenvalue weighted by molar-refractivity contribution is 7.15. The molecule has 84 valence electrons. The van der Waals surface area contributed by atoms with E-state index in [1.54, 1.807) is 19.2 Å². The number of rotatable bonds is 3. The van der Waals surface area contributed by atoms with Gasteiger partial charge in [-0.25, -0.2) is 15.0 Å². The van der Waals surface area contributed by atoms with Crippen LogP contribution < -0.4 is 5.32 Å². The first-order chi connectivity index (χ1) is 7.67. The van der Waals surface area contributed by atoms with Crippen LogP contribution in [0.15, 0.2) is 12.3 Å². The van der Waals surface area contributed by atoms with E-state index < -0.39 is 0 Å². The van der Waals surface area contributed by atoms with Crippen LogP contribution in [0.2, 0.25) is 5.15 Å². The van der Waals surface area contributed by atoms with E-state index >= 15 is 0 Å². The molecule has 0 bridgehead atoms. The zero-order valence-electron chi connectivity index (χ0n) is 8.44. The van der Waals surface area contributed by atoms with Crippen molar-refractivity contribution in [1.82, 2.24) is 15.0 Å². The monoisotopic (exact) mass is 256 g/mol. The smallest absolute Gasteiger partial charge is 0.188 e. The molecule has 2 rings (SSSR count). The van der Waals surface area contributed by atoms with Crippen molar-refractivity contribution in [3.63, 3.8) is 0 Å². The predicted octanol–water partition coefficient (Wildman–Crippen LogP) is 2.13. The summed E-state index contributed by atoms with van der Waals surface area (Å²) in [4.78, 5) is 13.0. The number of thiazole rings is 1. The highest BCUT2D eigenvalue weighted by atomic mass is 35.5. The molecule has 5 nitrogen and oxygen atoms in total. The minimum atomic E-state index is -0.0110. The molecule has 2 aromatic heterocycles. The lowest BCUT2D eigenvalue weighted by Crippen LogP contribution is -1.96. The van der Waals surface area contributed by atoms with Crippen molar-refractivity contribution in [1.29, 1.82) is 0 Å². The summed E-state index contributed by atoms with van der Waals surface area (Å²) in [5.41, 5.74) is 0. The second-order valence-corrected chi connectivity index (χ2v) is 4.54. The second kappa shape index (κ2) is 4.73. The Balaban J connectivity index is 2.19. The van der Waals surface area contributed by atoms with Crippen molar-refractivity contribution in [2.24, 2.45) is 0 Å². The molecule has 0 atom stereocenters. The van der Waals surface area contributed by atoms with E-state index in [-0.39, 0.29) is 6.61 Å². The van der Waals surface area contributed by atoms with Crippen LogP contribution in [0, 0.1) is 6.92 Å². The second-order valence-electron chi connectivity index (χ2n) is 3.04. The summed E-state index contributed by atoms with van der Waals surface area (Å²) in [6.07, 6.45) is 1.61. The van der Waals surface area contributed by atoms with E-state index in [1.165, 1.54) is 11.3 Å². The van der Waals surface area contributed by atoms with Gasteiger partial charge in [0.25, 0.3) is 0 Å². The van der Waals surface area contributed by atoms with Gasteiger partial charge in [0.2, 0.25) is 0 Å². The number of aliphatic hydroxyl groups is 1. The van der Waals surface area contributed by atoms with Crippen molar-refractivity contribution in [2.75, 3.05) is 5.32 Å². The molecule has 2 aromatic rings. The first-order valence-electron chi connectivity index (χ1n) is 4.51. The van der Waals surface area contributed by atoms with E-state index in [4.69, 9.17) is 16.7 Å². The normalized spacial score (nSPS) is 10.4. The Kier molecular flexibility index (Phi) is 3.33. The van der Waals surface area contributed by atoms with Crippen molar-refractivity contribution in [3.05, 3.63) is 28.1 Å². The number of halogens is 1. The van der Waals surface area contributed by atoms with Crippen LogP contribution in [0.25, 0.3) is 0 Å². The Hall–Kier alpha value is -1.24. The Morgan fingerprint density at radius 3 is 2.94 bits per heavy atom. The van der Waals surface area contributed by atoms with Crippen molar-refractivity contribution >= 4 is 33.9 Å². The van der Waals surface area contributed by atoms with E-state index in [2.05, 4.69) is 20.3 Å². The molecule has 0 aliphatic rings. The summed E-state index contributed by atoms with van der Waals surface area (Å²) in [5.74, 6) is 1.19. The minimum absolute atomic E-state index is 0.0110. The molecule has 0 fully saturated rings. The Bertz CT molecular complexity index is 482. The number of aliphatic hydroxyl groups excluding tert-OH is 1. The molecule has 0 aliphatic heterocycles. The van der Waals surface area contributed by atoms with Crippen LogP contribution in [0.4, 0.5) is 10.9 Å². The zero-order valence-corrected chi connectivity index (χ0v) is 10.0. The van der Waals surface area contributed by atoms with E-state index in [0.29, 0.717) is 21.9 Å². The molecule has 0 saturated heterocycles. The molecule has 0 aliphatic carbocycles. The average molecular weight is 257 g/mol. The van der Waals surface area contributed by atoms with Gasteiger partial charge in [0.15, 0.2) is 5.13 Å². The average Bonchev–Trinajstić information content (AvgIpc) is 2.64. The fraction of sp³-hybridized carbons (Fsp3) is 0.222. The summed E-state index contributed by atoms with van der Waals surface area (Å²) < 4.78 is 0. The van der Waals surface area contributed by atoms with Gasteiger partial charge in [-0.2, -0.15) is 0 Å². The molecular formula is C9H9ClN4OS. The molecule has 0 saturated carbocycles. The third-order valence-corrected chi connectivity index (χ3v) is 2.84. The van der Waals surface area contributed by atoms with Crippen molar-refractivity contribution in [3.8, 4) is 0 Å². The molecule has 0 unspecified atom stereocenters. The van der Waals surface area contributed by atoms with Gasteiger partial charge in [-0.3, -0.25) is 0 Å². The van der Waals surface area contributed by atoms with Gasteiger partial charge in [0, 0.05) is 12.3 Å². The Labute approximate surface area is 101 Å². The number of nitrogens with zero attached hydrogens (tertiary/aromatic N) is 3. The highest BCUT2D eigenvalue weighted by Gasteiger charge is 2.04. The number of nitrogens with one attached hydrogen (secondary N) is 1. The lowest BCUT2D eigenvalue weighted by atomic mass is 10.5. The van der Waals surface area contributed by atoms with Gasteiger partial charge >= 0.3 is 0 Å². The molecule has 2 heterocycles. The largest absolute Gasteiger partial charge is 0.391 e. The van der Waals surface area contributed by atoms with E-state index in [0.717, 1.165) is 4.88 Å². The fourth-order valence-corrected chi connectivity index (χ4v) is 2.05. The maximum Gasteiger partial charge on any atom is 0.188 e. The van der Waals surface area contributed by atoms with Crippen LogP contribution in [0.5, 0.6) is 0 Å². The van der Waals surface area contributed by atoms with Crippen LogP contribution in [0.3, 0.4) is 0 Å². The predicted molar refractivity (Wildman–Crippen MR) is 63.1 cm³/mol. The van der Waals surface area contributed by atoms with Gasteiger partial charge in [-0.1, -0.05) is 22.9 Å². The maximum absolute atomic E-state index is 8.90. The van der Waals surface area contributed by atoms with Gasteiger partial charge < -0.3 is 10.4 Å². The SMILES string of the molecule is Cc1nc(Cl)cc(Nc2ncc(CO)s2)n1. The topological polar surface area (TPSA) is 70.9 Å². The van der Waals surface area contributed by atoms with Crippen LogP contribution in [-0.4, -0.2) is 20.1 Å². The highest BCUT2D eigenvalue weighted by Crippen LogP contribution is 2.22. The molecule has 2 N–H and O–H groups in total. The summed E-state index contributed by atoms with van der Waals surface area (Å²) >= 11 is 7.16. The Morgan fingerprint density at radius 2 is 2.31 bits per heavy atom. The van der Waals surface area contributed by atoms with Crippen molar-refractivity contribution < 1.29 is 5.11 Å². The van der Waals surface area contributed by atoms with E-state index in [9.17, 15) is 0 Å². The number of aromatic nitrogens is 3. The van der Waals surface area contributed by atoms with Gasteiger partial charge in [0.1, 0.15) is 16.8 Å². The molecule has 0 radical (unpaired) electrons. The molecule has 16 heavy (non-hydrogen) atoms. The Morgan fingerprint density at radius 1 is 1.50 bits per heavy atom. The van der Waals surface area contributed by atoms with Gasteiger partial charge in [0.05, 0.1) is 11.5 Å². The molecule has 0 amide bonds. The molecule has 7 heteroatoms. The molecular weight excluding hydrogens is 248 g/mol. The summed E-state index contributed by atoms with van der Waals surface area (Å²) in [6.45, 7) is 1.75. The first kappa shape index (κ1) is 11.3. The number of hydrogen-bond donors (Lipinski definition) is 2. The lowest BCUT2D eigenvalue weighted by Gasteiger charge is -2.02. The summed E-state index contributed by atoms with van der Waals surface area (Å²) in [6, 6.07) is 1.62. The van der Waals surface area contributed by atoms with Gasteiger partial charge in [-0.05, 0) is 6.92 Å². The van der Waals surface area contributed by atoms with Crippen molar-refractivity contribution in [2.45, 2.75) is 13.5 Å². The standard InChI is InChI=1S/C9H9ClN4OS/c1-5-12-7(10)2-8(13-5)14-9-11-3-6(4-15)16-9/h2-3,15H,4H2,1H3,(H,11,12,13,14). The minimum Gasteiger partial charge on any atom is -0.391 e. The zero-order chi connectivity index (χ0) is 11.5. The third kappa shape index (κ3) is 2.66. The fourth-order valence-electron chi connectivity index (χ4n) is 1.14. The number of hydrogen-bond acceptors (Lipinski definition) is 6. The van der Waals surface area contributed by atoms with Gasteiger partial charge in [-0.15, -0.1) is 0 Å². The molecule has 0 aromatic carbocycles.